The zero-order chi connectivity index (χ0) is 24.0. The lowest BCUT2D eigenvalue weighted by atomic mass is 9.99. The maximum Gasteiger partial charge on any atom is 0.251 e. The highest BCUT2D eigenvalue weighted by Crippen LogP contribution is 2.22. The standard InChI is InChI=1S/C28H25N5O2/c34-19-25(20-6-2-1-3-7-20)16-30-28(35)26-9-5-4-8-24(26)17-33-18-27(31-32-33)22-10-11-23-15-29-13-12-21(23)14-22/h1-15,18,25,34H,16-17,19H2,(H,30,35). The zero-order valence-corrected chi connectivity index (χ0v) is 19.1. The van der Waals surface area contributed by atoms with Crippen molar-refractivity contribution in [1.82, 2.24) is 25.3 Å². The number of hydrogen-bond donors (Lipinski definition) is 2. The molecule has 2 heterocycles. The van der Waals surface area contributed by atoms with Gasteiger partial charge in [0, 0.05) is 41.4 Å². The first kappa shape index (κ1) is 22.4. The topological polar surface area (TPSA) is 92.9 Å². The minimum atomic E-state index is -0.182. The lowest BCUT2D eigenvalue weighted by molar-refractivity contribution is 0.0946. The Morgan fingerprint density at radius 1 is 0.971 bits per heavy atom. The van der Waals surface area contributed by atoms with Crippen molar-refractivity contribution >= 4 is 16.7 Å². The number of fused-ring (bicyclic) bond motifs is 1. The second-order valence-electron chi connectivity index (χ2n) is 8.40. The third-order valence-corrected chi connectivity index (χ3v) is 6.07. The summed E-state index contributed by atoms with van der Waals surface area (Å²) in [7, 11) is 0. The van der Waals surface area contributed by atoms with Gasteiger partial charge in [0.05, 0.1) is 19.3 Å². The van der Waals surface area contributed by atoms with Crippen molar-refractivity contribution in [2.45, 2.75) is 12.5 Å². The van der Waals surface area contributed by atoms with E-state index in [9.17, 15) is 9.90 Å². The van der Waals surface area contributed by atoms with Crippen molar-refractivity contribution in [3.05, 3.63) is 114 Å². The number of pyridine rings is 1. The van der Waals surface area contributed by atoms with Crippen LogP contribution in [0.2, 0.25) is 0 Å². The first-order chi connectivity index (χ1) is 17.2. The molecule has 7 nitrogen and oxygen atoms in total. The van der Waals surface area contributed by atoms with E-state index >= 15 is 0 Å². The molecule has 0 saturated carbocycles. The molecule has 2 N–H and O–H groups in total. The van der Waals surface area contributed by atoms with E-state index in [2.05, 4.69) is 26.7 Å². The van der Waals surface area contributed by atoms with E-state index in [4.69, 9.17) is 0 Å². The van der Waals surface area contributed by atoms with Gasteiger partial charge in [0.25, 0.3) is 5.91 Å². The number of benzene rings is 3. The summed E-state index contributed by atoms with van der Waals surface area (Å²) in [5.41, 5.74) is 4.14. The summed E-state index contributed by atoms with van der Waals surface area (Å²) in [5.74, 6) is -0.346. The fourth-order valence-corrected chi connectivity index (χ4v) is 4.13. The minimum Gasteiger partial charge on any atom is -0.396 e. The van der Waals surface area contributed by atoms with E-state index in [0.717, 1.165) is 33.2 Å². The van der Waals surface area contributed by atoms with E-state index < -0.39 is 0 Å². The molecule has 174 valence electrons. The van der Waals surface area contributed by atoms with E-state index in [-0.39, 0.29) is 18.4 Å². The van der Waals surface area contributed by atoms with Crippen LogP contribution >= 0.6 is 0 Å². The molecule has 1 unspecified atom stereocenters. The van der Waals surface area contributed by atoms with Gasteiger partial charge in [-0.1, -0.05) is 65.9 Å². The number of carbonyl (C=O) groups excluding carboxylic acids is 1. The monoisotopic (exact) mass is 463 g/mol. The Hall–Kier alpha value is -4.36. The molecular formula is C28H25N5O2. The maximum atomic E-state index is 13.0. The fraction of sp³-hybridized carbons (Fsp3) is 0.143. The third kappa shape index (κ3) is 5.10. The molecule has 0 aliphatic carbocycles. The number of aliphatic hydroxyl groups excluding tert-OH is 1. The molecular weight excluding hydrogens is 438 g/mol. The largest absolute Gasteiger partial charge is 0.396 e. The van der Waals surface area contributed by atoms with Crippen molar-refractivity contribution in [2.24, 2.45) is 0 Å². The highest BCUT2D eigenvalue weighted by Gasteiger charge is 2.16. The second-order valence-corrected chi connectivity index (χ2v) is 8.40. The summed E-state index contributed by atoms with van der Waals surface area (Å²) in [4.78, 5) is 17.2. The van der Waals surface area contributed by atoms with E-state index in [1.165, 1.54) is 0 Å². The zero-order valence-electron chi connectivity index (χ0n) is 19.1. The Balaban J connectivity index is 1.30. The summed E-state index contributed by atoms with van der Waals surface area (Å²) in [5, 5.41) is 23.5. The van der Waals surface area contributed by atoms with Crippen molar-refractivity contribution < 1.29 is 9.90 Å². The highest BCUT2D eigenvalue weighted by atomic mass is 16.3. The Labute approximate surface area is 203 Å². The molecule has 2 aromatic heterocycles. The quantitative estimate of drug-likeness (QED) is 0.362. The Morgan fingerprint density at radius 2 is 1.80 bits per heavy atom. The average molecular weight is 464 g/mol. The van der Waals surface area contributed by atoms with Gasteiger partial charge in [-0.15, -0.1) is 5.10 Å². The molecule has 5 aromatic rings. The van der Waals surface area contributed by atoms with Crippen LogP contribution in [0, 0.1) is 0 Å². The van der Waals surface area contributed by atoms with Gasteiger partial charge >= 0.3 is 0 Å². The summed E-state index contributed by atoms with van der Waals surface area (Å²) >= 11 is 0. The molecule has 1 amide bonds. The highest BCUT2D eigenvalue weighted by molar-refractivity contribution is 5.95. The van der Waals surface area contributed by atoms with E-state index in [1.54, 1.807) is 16.9 Å². The Bertz CT molecular complexity index is 1450. The normalized spacial score (nSPS) is 11.9. The molecule has 0 radical (unpaired) electrons. The fourth-order valence-electron chi connectivity index (χ4n) is 4.13. The molecule has 5 rings (SSSR count). The predicted molar refractivity (Wildman–Crippen MR) is 135 cm³/mol. The first-order valence-corrected chi connectivity index (χ1v) is 11.5. The van der Waals surface area contributed by atoms with Crippen molar-refractivity contribution in [3.8, 4) is 11.3 Å². The van der Waals surface area contributed by atoms with Crippen LogP contribution in [0.15, 0.2) is 97.5 Å². The van der Waals surface area contributed by atoms with Crippen molar-refractivity contribution in [3.63, 3.8) is 0 Å². The number of aromatic nitrogens is 4. The van der Waals surface area contributed by atoms with Gasteiger partial charge in [-0.3, -0.25) is 9.78 Å². The molecule has 0 bridgehead atoms. The maximum absolute atomic E-state index is 13.0. The molecule has 1 atom stereocenters. The third-order valence-electron chi connectivity index (χ3n) is 6.07. The smallest absolute Gasteiger partial charge is 0.251 e. The van der Waals surface area contributed by atoms with Gasteiger partial charge in [0.15, 0.2) is 0 Å². The van der Waals surface area contributed by atoms with Gasteiger partial charge in [0.1, 0.15) is 5.69 Å². The number of nitrogens with one attached hydrogen (secondary N) is 1. The summed E-state index contributed by atoms with van der Waals surface area (Å²) < 4.78 is 1.73. The first-order valence-electron chi connectivity index (χ1n) is 11.5. The molecule has 3 aromatic carbocycles. The number of hydrogen-bond acceptors (Lipinski definition) is 5. The molecule has 7 heteroatoms. The number of aliphatic hydroxyl groups is 1. The SMILES string of the molecule is O=C(NCC(CO)c1ccccc1)c1ccccc1Cn1cc(-c2ccc3cnccc3c2)nn1. The minimum absolute atomic E-state index is 0.0427. The van der Waals surface area contributed by atoms with Crippen LogP contribution in [0.4, 0.5) is 0 Å². The molecule has 35 heavy (non-hydrogen) atoms. The Kier molecular flexibility index (Phi) is 6.59. The number of rotatable bonds is 8. The predicted octanol–water partition coefficient (Wildman–Crippen LogP) is 4.05. The van der Waals surface area contributed by atoms with Gasteiger partial charge in [-0.2, -0.15) is 0 Å². The number of carbonyl (C=O) groups is 1. The Morgan fingerprint density at radius 3 is 2.66 bits per heavy atom. The van der Waals surface area contributed by atoms with Crippen LogP contribution < -0.4 is 5.32 Å². The van der Waals surface area contributed by atoms with Crippen LogP contribution in [0.3, 0.4) is 0 Å². The summed E-state index contributed by atoms with van der Waals surface area (Å²) in [6, 6.07) is 25.2. The lowest BCUT2D eigenvalue weighted by Crippen LogP contribution is -2.30. The van der Waals surface area contributed by atoms with E-state index in [0.29, 0.717) is 18.7 Å². The van der Waals surface area contributed by atoms with E-state index in [1.807, 2.05) is 79.1 Å². The lowest BCUT2D eigenvalue weighted by Gasteiger charge is -2.16. The van der Waals surface area contributed by atoms with Gasteiger partial charge in [0.2, 0.25) is 0 Å². The second kappa shape index (κ2) is 10.3. The molecule has 0 aliphatic rings. The van der Waals surface area contributed by atoms with Crippen LogP contribution in [0.1, 0.15) is 27.4 Å². The van der Waals surface area contributed by atoms with Gasteiger partial charge in [-0.05, 0) is 34.7 Å². The summed E-state index contributed by atoms with van der Waals surface area (Å²) in [6.07, 6.45) is 5.49. The number of amides is 1. The van der Waals surface area contributed by atoms with Gasteiger partial charge in [-0.25, -0.2) is 4.68 Å². The average Bonchev–Trinajstić information content (AvgIpc) is 3.38. The molecule has 0 saturated heterocycles. The molecule has 0 fully saturated rings. The molecule has 0 aliphatic heterocycles. The van der Waals surface area contributed by atoms with Crippen molar-refractivity contribution in [2.75, 3.05) is 13.2 Å². The molecule has 0 spiro atoms. The van der Waals surface area contributed by atoms with Crippen LogP contribution in [0.25, 0.3) is 22.0 Å². The van der Waals surface area contributed by atoms with Gasteiger partial charge < -0.3 is 10.4 Å². The summed E-state index contributed by atoms with van der Waals surface area (Å²) in [6.45, 7) is 0.716. The number of nitrogens with zero attached hydrogens (tertiary/aromatic N) is 4. The van der Waals surface area contributed by atoms with Crippen LogP contribution in [-0.2, 0) is 6.54 Å². The van der Waals surface area contributed by atoms with Crippen LogP contribution in [0.5, 0.6) is 0 Å². The van der Waals surface area contributed by atoms with Crippen molar-refractivity contribution in [1.29, 1.82) is 0 Å². The van der Waals surface area contributed by atoms with Crippen LogP contribution in [-0.4, -0.2) is 44.1 Å².